The van der Waals surface area contributed by atoms with Crippen LogP contribution in [0.15, 0.2) is 90.5 Å². The van der Waals surface area contributed by atoms with Gasteiger partial charge in [-0.05, 0) is 49.2 Å². The Morgan fingerprint density at radius 2 is 1.02 bits per heavy atom. The van der Waals surface area contributed by atoms with Gasteiger partial charge in [0.15, 0.2) is 0 Å². The predicted octanol–water partition coefficient (Wildman–Crippen LogP) is 4.01. The van der Waals surface area contributed by atoms with Gasteiger partial charge in [0.25, 0.3) is 0 Å². The zero-order chi connectivity index (χ0) is 28.6. The molecule has 8 rings (SSSR count). The Kier molecular flexibility index (Phi) is 5.57. The maximum atomic E-state index is 14.1. The Morgan fingerprint density at radius 3 is 1.51 bits per heavy atom. The molecule has 0 radical (unpaired) electrons. The molecule has 3 aromatic rings. The van der Waals surface area contributed by atoms with Crippen LogP contribution in [0.1, 0.15) is 11.1 Å². The number of aryl methyl sites for hydroxylation is 2. The smallest absolute Gasteiger partial charge is 0.339 e. The Hall–Kier alpha value is -4.85. The van der Waals surface area contributed by atoms with E-state index in [0.29, 0.717) is 17.1 Å². The molecule has 2 aliphatic heterocycles. The van der Waals surface area contributed by atoms with Gasteiger partial charge in [-0.25, -0.2) is 14.6 Å². The molecular formula is C33H26N2O6. The highest BCUT2D eigenvalue weighted by atomic mass is 16.5. The zero-order valence-electron chi connectivity index (χ0n) is 22.4. The summed E-state index contributed by atoms with van der Waals surface area (Å²) < 4.78 is 5.66. The van der Waals surface area contributed by atoms with E-state index in [1.807, 2.05) is 38.1 Å². The molecule has 1 saturated carbocycles. The van der Waals surface area contributed by atoms with Crippen LogP contribution >= 0.6 is 0 Å². The minimum atomic E-state index is -0.984. The molecule has 204 valence electrons. The fraction of sp³-hybridized carbons (Fsp3) is 0.242. The van der Waals surface area contributed by atoms with Gasteiger partial charge in [-0.2, -0.15) is 0 Å². The van der Waals surface area contributed by atoms with Gasteiger partial charge in [-0.15, -0.1) is 0 Å². The van der Waals surface area contributed by atoms with Crippen molar-refractivity contribution in [2.75, 3.05) is 9.80 Å². The average molecular weight is 547 g/mol. The lowest BCUT2D eigenvalue weighted by atomic mass is 9.52. The first kappa shape index (κ1) is 25.1. The molecule has 3 fully saturated rings. The lowest BCUT2D eigenvalue weighted by Crippen LogP contribution is -2.53. The fourth-order valence-electron chi connectivity index (χ4n) is 7.31. The van der Waals surface area contributed by atoms with Crippen molar-refractivity contribution < 1.29 is 28.7 Å². The number of hydrogen-bond acceptors (Lipinski definition) is 6. The lowest BCUT2D eigenvalue weighted by molar-refractivity contribution is -0.142. The predicted molar refractivity (Wildman–Crippen MR) is 148 cm³/mol. The zero-order valence-corrected chi connectivity index (χ0v) is 22.4. The maximum Gasteiger partial charge on any atom is 0.339 e. The van der Waals surface area contributed by atoms with E-state index in [9.17, 15) is 24.0 Å². The molecule has 0 N–H and O–H groups in total. The lowest BCUT2D eigenvalue weighted by Gasteiger charge is -2.46. The van der Waals surface area contributed by atoms with Gasteiger partial charge >= 0.3 is 5.97 Å². The third-order valence-corrected chi connectivity index (χ3v) is 9.03. The number of nitrogens with zero attached hydrogens (tertiary/aromatic N) is 2. The van der Waals surface area contributed by atoms with Crippen molar-refractivity contribution in [2.45, 2.75) is 13.8 Å². The largest absolute Gasteiger partial charge is 0.423 e. The summed E-state index contributed by atoms with van der Waals surface area (Å²) in [6.45, 7) is 3.63. The number of para-hydroxylation sites is 3. The Labute approximate surface area is 236 Å². The normalized spacial score (nSPS) is 28.1. The molecule has 2 saturated heterocycles. The van der Waals surface area contributed by atoms with E-state index in [4.69, 9.17) is 4.74 Å². The second kappa shape index (κ2) is 9.09. The van der Waals surface area contributed by atoms with Crippen LogP contribution in [0.4, 0.5) is 11.4 Å². The van der Waals surface area contributed by atoms with E-state index < -0.39 is 65.1 Å². The molecule has 2 heterocycles. The first-order valence-electron chi connectivity index (χ1n) is 13.7. The number of amides is 4. The van der Waals surface area contributed by atoms with Crippen molar-refractivity contribution in [3.05, 3.63) is 102 Å². The highest BCUT2D eigenvalue weighted by Gasteiger charge is 2.71. The molecule has 4 amide bonds. The summed E-state index contributed by atoms with van der Waals surface area (Å²) in [5, 5.41) is 0. The van der Waals surface area contributed by atoms with E-state index in [0.717, 1.165) is 11.1 Å². The number of hydrogen-bond donors (Lipinski definition) is 0. The van der Waals surface area contributed by atoms with Crippen molar-refractivity contribution in [3.8, 4) is 5.75 Å². The van der Waals surface area contributed by atoms with Crippen LogP contribution in [0.3, 0.4) is 0 Å². The summed E-state index contributed by atoms with van der Waals surface area (Å²) in [5.74, 6) is -7.59. The SMILES string of the molecule is Cc1ccccc1N1C(=O)[C@@H]2C3C(C(=O)Oc4ccccc4)=CC([C@H]2C1=O)[C@@H]1C(=O)N(c2ccccc2C)C(=O)[C@H]31. The van der Waals surface area contributed by atoms with Gasteiger partial charge in [0.1, 0.15) is 5.75 Å². The quantitative estimate of drug-likeness (QED) is 0.279. The molecule has 8 heteroatoms. The molecule has 3 aromatic carbocycles. The van der Waals surface area contributed by atoms with E-state index in [2.05, 4.69) is 0 Å². The molecule has 3 aliphatic carbocycles. The number of carbonyl (C=O) groups excluding carboxylic acids is 5. The third-order valence-electron chi connectivity index (χ3n) is 9.03. The van der Waals surface area contributed by atoms with Crippen molar-refractivity contribution in [3.63, 3.8) is 0 Å². The van der Waals surface area contributed by atoms with Gasteiger partial charge < -0.3 is 4.74 Å². The number of esters is 1. The number of allylic oxidation sites excluding steroid dienone is 1. The summed E-state index contributed by atoms with van der Waals surface area (Å²) in [5.41, 5.74) is 2.59. The minimum absolute atomic E-state index is 0.168. The van der Waals surface area contributed by atoms with Gasteiger partial charge in [-0.1, -0.05) is 60.7 Å². The Bertz CT molecular complexity index is 1600. The monoisotopic (exact) mass is 546 g/mol. The molecule has 5 aliphatic rings. The average Bonchev–Trinajstić information content (AvgIpc) is 3.40. The van der Waals surface area contributed by atoms with Crippen LogP contribution in [0.25, 0.3) is 0 Å². The summed E-state index contributed by atoms with van der Waals surface area (Å²) in [6, 6.07) is 22.7. The molecule has 8 nitrogen and oxygen atoms in total. The number of rotatable bonds is 4. The Morgan fingerprint density at radius 1 is 0.585 bits per heavy atom. The van der Waals surface area contributed by atoms with Crippen molar-refractivity contribution in [1.29, 1.82) is 0 Å². The summed E-state index contributed by atoms with van der Waals surface area (Å²) in [4.78, 5) is 72.2. The van der Waals surface area contributed by atoms with Crippen LogP contribution < -0.4 is 14.5 Å². The van der Waals surface area contributed by atoms with E-state index in [1.54, 1.807) is 60.7 Å². The summed E-state index contributed by atoms with van der Waals surface area (Å²) in [7, 11) is 0. The number of benzene rings is 3. The van der Waals surface area contributed by atoms with Crippen LogP contribution in [0.2, 0.25) is 0 Å². The number of ether oxygens (including phenoxy) is 1. The highest BCUT2D eigenvalue weighted by molar-refractivity contribution is 6.27. The van der Waals surface area contributed by atoms with Crippen LogP contribution in [0.5, 0.6) is 5.75 Å². The molecular weight excluding hydrogens is 520 g/mol. The molecule has 0 aromatic heterocycles. The van der Waals surface area contributed by atoms with E-state index in [-0.39, 0.29) is 5.57 Å². The Balaban J connectivity index is 1.35. The number of carbonyl (C=O) groups is 5. The van der Waals surface area contributed by atoms with Gasteiger partial charge in [0.05, 0.1) is 35.0 Å². The molecule has 2 bridgehead atoms. The summed E-state index contributed by atoms with van der Waals surface area (Å²) >= 11 is 0. The fourth-order valence-corrected chi connectivity index (χ4v) is 7.31. The van der Waals surface area contributed by atoms with Crippen LogP contribution in [-0.2, 0) is 24.0 Å². The van der Waals surface area contributed by atoms with Crippen molar-refractivity contribution in [1.82, 2.24) is 0 Å². The third kappa shape index (κ3) is 3.49. The summed E-state index contributed by atoms with van der Waals surface area (Å²) in [6.07, 6.45) is 1.62. The first-order chi connectivity index (χ1) is 19.8. The van der Waals surface area contributed by atoms with Gasteiger partial charge in [0.2, 0.25) is 23.6 Å². The van der Waals surface area contributed by atoms with Crippen LogP contribution in [-0.4, -0.2) is 29.6 Å². The standard InChI is InChI=1S/C33H26N2O6/c1-17-10-6-8-14-22(17)34-29(36)25-20-16-21(33(40)41-19-12-4-3-5-13-19)24(27(25)31(34)38)28-26(20)30(37)35(32(28)39)23-15-9-7-11-18(23)2/h3-16,20,24-28H,1-2H3/t20?,24?,25-,26+,27-,28-/m1/s1. The minimum Gasteiger partial charge on any atom is -0.423 e. The van der Waals surface area contributed by atoms with Gasteiger partial charge in [0, 0.05) is 17.4 Å². The molecule has 0 spiro atoms. The van der Waals surface area contributed by atoms with Crippen molar-refractivity contribution in [2.24, 2.45) is 35.5 Å². The molecule has 41 heavy (non-hydrogen) atoms. The van der Waals surface area contributed by atoms with Crippen molar-refractivity contribution >= 4 is 41.0 Å². The topological polar surface area (TPSA) is 101 Å². The second-order valence-corrected chi connectivity index (χ2v) is 11.1. The maximum absolute atomic E-state index is 14.1. The molecule has 2 unspecified atom stereocenters. The highest BCUT2D eigenvalue weighted by Crippen LogP contribution is 2.61. The van der Waals surface area contributed by atoms with E-state index >= 15 is 0 Å². The molecule has 6 atom stereocenters. The van der Waals surface area contributed by atoms with Crippen LogP contribution in [0, 0.1) is 49.4 Å². The van der Waals surface area contributed by atoms with E-state index in [1.165, 1.54) is 9.80 Å². The first-order valence-corrected chi connectivity index (χ1v) is 13.7. The number of imide groups is 2. The number of anilines is 2. The van der Waals surface area contributed by atoms with Gasteiger partial charge in [-0.3, -0.25) is 19.2 Å². The second-order valence-electron chi connectivity index (χ2n) is 11.1.